The van der Waals surface area contributed by atoms with E-state index in [1.54, 1.807) is 15.6 Å². The Bertz CT molecular complexity index is 944. The summed E-state index contributed by atoms with van der Waals surface area (Å²) in [4.78, 5) is 29.7. The molecule has 1 N–H and O–H groups in total. The number of carbonyl (C=O) groups is 2. The van der Waals surface area contributed by atoms with Crippen LogP contribution in [0, 0.1) is 0 Å². The minimum Gasteiger partial charge on any atom is -0.351 e. The highest BCUT2D eigenvalue weighted by Crippen LogP contribution is 2.21. The molecule has 1 saturated heterocycles. The van der Waals surface area contributed by atoms with Crippen LogP contribution in [0.15, 0.2) is 30.3 Å². The van der Waals surface area contributed by atoms with Crippen LogP contribution in [0.3, 0.4) is 0 Å². The molecule has 2 aromatic rings. The summed E-state index contributed by atoms with van der Waals surface area (Å²) in [5, 5.41) is 7.96. The van der Waals surface area contributed by atoms with Gasteiger partial charge in [0.05, 0.1) is 6.54 Å². The first-order chi connectivity index (χ1) is 15.0. The molecule has 3 heterocycles. The fourth-order valence-electron chi connectivity index (χ4n) is 4.40. The second-order valence-corrected chi connectivity index (χ2v) is 8.85. The Hall–Kier alpha value is -2.38. The van der Waals surface area contributed by atoms with Crippen LogP contribution in [0.2, 0.25) is 5.02 Å². The largest absolute Gasteiger partial charge is 0.351 e. The molecule has 1 aromatic carbocycles. The first-order valence-corrected chi connectivity index (χ1v) is 11.5. The number of hydrogen-bond acceptors (Lipinski definition) is 4. The van der Waals surface area contributed by atoms with Crippen molar-refractivity contribution >= 4 is 23.4 Å². The Labute approximate surface area is 188 Å². The van der Waals surface area contributed by atoms with Crippen LogP contribution in [0.1, 0.15) is 59.1 Å². The quantitative estimate of drug-likeness (QED) is 0.667. The Morgan fingerprint density at radius 2 is 2.06 bits per heavy atom. The van der Waals surface area contributed by atoms with Crippen molar-refractivity contribution in [3.8, 4) is 0 Å². The van der Waals surface area contributed by atoms with Crippen LogP contribution < -0.4 is 5.32 Å². The third-order valence-electron chi connectivity index (χ3n) is 6.27. The van der Waals surface area contributed by atoms with E-state index in [2.05, 4.69) is 22.2 Å². The van der Waals surface area contributed by atoms with Crippen LogP contribution in [0.25, 0.3) is 0 Å². The van der Waals surface area contributed by atoms with Crippen molar-refractivity contribution in [3.05, 3.63) is 52.3 Å². The number of hydrogen-bond donors (Lipinski definition) is 1. The Balaban J connectivity index is 1.31. The van der Waals surface area contributed by atoms with E-state index in [1.807, 2.05) is 24.3 Å². The topological polar surface area (TPSA) is 70.5 Å². The Morgan fingerprint density at radius 1 is 1.23 bits per heavy atom. The smallest absolute Gasteiger partial charge is 0.272 e. The number of carbonyl (C=O) groups excluding carboxylic acids is 2. The van der Waals surface area contributed by atoms with Gasteiger partial charge in [-0.2, -0.15) is 5.10 Å². The summed E-state index contributed by atoms with van der Waals surface area (Å²) in [5.74, 6) is -0.351. The van der Waals surface area contributed by atoms with Crippen molar-refractivity contribution in [2.75, 3.05) is 26.2 Å². The van der Waals surface area contributed by atoms with E-state index >= 15 is 0 Å². The predicted molar refractivity (Wildman–Crippen MR) is 120 cm³/mol. The molecule has 7 nitrogen and oxygen atoms in total. The summed E-state index contributed by atoms with van der Waals surface area (Å²) >= 11 is 6.24. The summed E-state index contributed by atoms with van der Waals surface area (Å²) in [5.41, 5.74) is 1.66. The van der Waals surface area contributed by atoms with Gasteiger partial charge in [0.1, 0.15) is 5.69 Å². The maximum atomic E-state index is 12.9. The standard InChI is InChI=1S/C23H30ClN5O2/c1-17-7-4-5-11-27(17)12-6-10-25-22(30)20-15-21-23(31)28(13-14-29(21)26-20)16-18-8-2-3-9-19(18)24/h2-3,8-9,15,17H,4-7,10-14,16H2,1H3,(H,25,30). The van der Waals surface area contributed by atoms with Crippen molar-refractivity contribution in [1.82, 2.24) is 24.9 Å². The van der Waals surface area contributed by atoms with Crippen LogP contribution in [0.5, 0.6) is 0 Å². The second kappa shape index (κ2) is 9.83. The summed E-state index contributed by atoms with van der Waals surface area (Å²) < 4.78 is 1.63. The maximum absolute atomic E-state index is 12.9. The van der Waals surface area contributed by atoms with Gasteiger partial charge in [0.2, 0.25) is 0 Å². The normalized spacial score (nSPS) is 19.4. The van der Waals surface area contributed by atoms with Crippen LogP contribution >= 0.6 is 11.6 Å². The number of halogens is 1. The van der Waals surface area contributed by atoms with Crippen molar-refractivity contribution in [1.29, 1.82) is 0 Å². The molecule has 2 amide bonds. The maximum Gasteiger partial charge on any atom is 0.272 e. The molecule has 1 fully saturated rings. The molecule has 0 bridgehead atoms. The summed E-state index contributed by atoms with van der Waals surface area (Å²) in [6.07, 6.45) is 4.74. The number of rotatable bonds is 7. The zero-order chi connectivity index (χ0) is 21.8. The Morgan fingerprint density at radius 3 is 2.87 bits per heavy atom. The average Bonchev–Trinajstić information content (AvgIpc) is 3.21. The molecule has 31 heavy (non-hydrogen) atoms. The van der Waals surface area contributed by atoms with Gasteiger partial charge in [-0.25, -0.2) is 0 Å². The van der Waals surface area contributed by atoms with Gasteiger partial charge < -0.3 is 15.1 Å². The van der Waals surface area contributed by atoms with E-state index in [-0.39, 0.29) is 11.8 Å². The highest BCUT2D eigenvalue weighted by atomic mass is 35.5. The number of nitrogens with zero attached hydrogens (tertiary/aromatic N) is 4. The third-order valence-corrected chi connectivity index (χ3v) is 6.64. The van der Waals surface area contributed by atoms with Gasteiger partial charge in [0, 0.05) is 43.3 Å². The van der Waals surface area contributed by atoms with Gasteiger partial charge >= 0.3 is 0 Å². The lowest BCUT2D eigenvalue weighted by Gasteiger charge is -2.33. The van der Waals surface area contributed by atoms with Crippen LogP contribution in [-0.2, 0) is 13.1 Å². The van der Waals surface area contributed by atoms with Crippen molar-refractivity contribution in [2.45, 2.75) is 51.7 Å². The molecule has 1 unspecified atom stereocenters. The van der Waals surface area contributed by atoms with E-state index in [9.17, 15) is 9.59 Å². The number of piperidine rings is 1. The van der Waals surface area contributed by atoms with Gasteiger partial charge in [-0.1, -0.05) is 36.2 Å². The molecule has 1 aromatic heterocycles. The molecule has 0 radical (unpaired) electrons. The zero-order valence-corrected chi connectivity index (χ0v) is 18.8. The van der Waals surface area contributed by atoms with Crippen molar-refractivity contribution in [3.63, 3.8) is 0 Å². The second-order valence-electron chi connectivity index (χ2n) is 8.45. The van der Waals surface area contributed by atoms with Gasteiger partial charge in [-0.05, 0) is 44.4 Å². The van der Waals surface area contributed by atoms with Gasteiger partial charge in [0.15, 0.2) is 5.69 Å². The van der Waals surface area contributed by atoms with Gasteiger partial charge in [-0.15, -0.1) is 0 Å². The summed E-state index contributed by atoms with van der Waals surface area (Å²) in [7, 11) is 0. The first kappa shape index (κ1) is 21.8. The number of fused-ring (bicyclic) bond motifs is 1. The van der Waals surface area contributed by atoms with E-state index in [1.165, 1.54) is 19.3 Å². The highest BCUT2D eigenvalue weighted by Gasteiger charge is 2.28. The first-order valence-electron chi connectivity index (χ1n) is 11.2. The van der Waals surface area contributed by atoms with Crippen LogP contribution in [0.4, 0.5) is 0 Å². The lowest BCUT2D eigenvalue weighted by Crippen LogP contribution is -2.39. The minimum atomic E-state index is -0.223. The Kier molecular flexibility index (Phi) is 6.92. The van der Waals surface area contributed by atoms with Crippen molar-refractivity contribution < 1.29 is 9.59 Å². The lowest BCUT2D eigenvalue weighted by atomic mass is 10.0. The molecular weight excluding hydrogens is 414 g/mol. The monoisotopic (exact) mass is 443 g/mol. The van der Waals surface area contributed by atoms with Gasteiger partial charge in [0.25, 0.3) is 11.8 Å². The van der Waals surface area contributed by atoms with E-state index in [0.717, 1.165) is 25.1 Å². The molecular formula is C23H30ClN5O2. The average molecular weight is 444 g/mol. The molecule has 1 atom stereocenters. The number of likely N-dealkylation sites (tertiary alicyclic amines) is 1. The molecule has 0 saturated carbocycles. The van der Waals surface area contributed by atoms with E-state index < -0.39 is 0 Å². The summed E-state index contributed by atoms with van der Waals surface area (Å²) in [6.45, 7) is 6.57. The molecule has 2 aliphatic heterocycles. The molecule has 0 aliphatic carbocycles. The van der Waals surface area contributed by atoms with E-state index in [0.29, 0.717) is 48.6 Å². The number of benzene rings is 1. The van der Waals surface area contributed by atoms with Gasteiger partial charge in [-0.3, -0.25) is 14.3 Å². The van der Waals surface area contributed by atoms with E-state index in [4.69, 9.17) is 11.6 Å². The molecule has 4 rings (SSSR count). The highest BCUT2D eigenvalue weighted by molar-refractivity contribution is 6.31. The number of aromatic nitrogens is 2. The fourth-order valence-corrected chi connectivity index (χ4v) is 4.59. The lowest BCUT2D eigenvalue weighted by molar-refractivity contribution is 0.0683. The number of amides is 2. The minimum absolute atomic E-state index is 0.128. The third kappa shape index (κ3) is 5.10. The zero-order valence-electron chi connectivity index (χ0n) is 18.0. The summed E-state index contributed by atoms with van der Waals surface area (Å²) in [6, 6.07) is 9.76. The molecule has 0 spiro atoms. The number of nitrogens with one attached hydrogen (secondary N) is 1. The predicted octanol–water partition coefficient (Wildman–Crippen LogP) is 3.19. The molecule has 2 aliphatic rings. The van der Waals surface area contributed by atoms with Crippen molar-refractivity contribution in [2.24, 2.45) is 0 Å². The van der Waals surface area contributed by atoms with Crippen LogP contribution in [-0.4, -0.2) is 63.6 Å². The molecule has 8 heteroatoms. The fraction of sp³-hybridized carbons (Fsp3) is 0.522. The SMILES string of the molecule is CC1CCCCN1CCCNC(=O)c1cc2n(n1)CCN(Cc1ccccc1Cl)C2=O. The molecule has 166 valence electrons.